The van der Waals surface area contributed by atoms with Crippen molar-refractivity contribution in [1.29, 1.82) is 0 Å². The number of rotatable bonds is 4. The van der Waals surface area contributed by atoms with Crippen LogP contribution in [0.1, 0.15) is 33.3 Å². The first-order chi connectivity index (χ1) is 7.47. The Balaban J connectivity index is 2.89. The number of hydrogen-bond donors (Lipinski definition) is 0. The molecule has 0 nitrogen and oxygen atoms in total. The molecule has 0 aliphatic rings. The number of benzene rings is 1. The molecule has 0 unspecified atom stereocenters. The summed E-state index contributed by atoms with van der Waals surface area (Å²) in [4.78, 5) is 0. The van der Waals surface area contributed by atoms with E-state index in [1.54, 1.807) is 0 Å². The van der Waals surface area contributed by atoms with E-state index in [0.717, 1.165) is 0 Å². The summed E-state index contributed by atoms with van der Waals surface area (Å²) in [6.07, 6.45) is 2.18. The summed E-state index contributed by atoms with van der Waals surface area (Å²) >= 11 is 6.81. The van der Waals surface area contributed by atoms with E-state index >= 15 is 0 Å². The summed E-state index contributed by atoms with van der Waals surface area (Å²) < 4.78 is 0. The first kappa shape index (κ1) is 13.5. The van der Waals surface area contributed by atoms with Crippen molar-refractivity contribution in [3.05, 3.63) is 41.6 Å². The molecular formula is C14H21ClSi. The van der Waals surface area contributed by atoms with E-state index in [2.05, 4.69) is 63.7 Å². The minimum atomic E-state index is -1.80. The molecule has 0 saturated carbocycles. The van der Waals surface area contributed by atoms with Gasteiger partial charge in [-0.1, -0.05) is 69.8 Å². The van der Waals surface area contributed by atoms with Gasteiger partial charge in [0, 0.05) is 0 Å². The lowest BCUT2D eigenvalue weighted by Gasteiger charge is -2.29. The summed E-state index contributed by atoms with van der Waals surface area (Å²) in [6, 6.07) is 10.4. The van der Waals surface area contributed by atoms with Crippen LogP contribution >= 0.6 is 11.1 Å². The van der Waals surface area contributed by atoms with Crippen LogP contribution in [-0.4, -0.2) is 7.38 Å². The van der Waals surface area contributed by atoms with Crippen LogP contribution in [0.5, 0.6) is 0 Å². The molecule has 0 atom stereocenters. The molecule has 0 spiro atoms. The average Bonchev–Trinajstić information content (AvgIpc) is 2.26. The molecule has 2 heteroatoms. The molecule has 0 amide bonds. The zero-order valence-corrected chi connectivity index (χ0v) is 12.3. The van der Waals surface area contributed by atoms with Gasteiger partial charge in [0.05, 0.1) is 0 Å². The quantitative estimate of drug-likeness (QED) is 0.508. The average molecular weight is 253 g/mol. The molecule has 0 heterocycles. The maximum atomic E-state index is 6.81. The van der Waals surface area contributed by atoms with Crippen molar-refractivity contribution in [3.63, 3.8) is 0 Å². The monoisotopic (exact) mass is 252 g/mol. The highest BCUT2D eigenvalue weighted by Crippen LogP contribution is 2.37. The van der Waals surface area contributed by atoms with Gasteiger partial charge in [-0.25, -0.2) is 0 Å². The van der Waals surface area contributed by atoms with E-state index in [1.165, 1.54) is 5.56 Å². The minimum Gasteiger partial charge on any atom is -0.161 e. The predicted octanol–water partition coefficient (Wildman–Crippen LogP) is 5.24. The SMILES string of the molecule is CC(C)[Si](Cl)(/C=C/c1ccccc1)C(C)C. The highest BCUT2D eigenvalue weighted by atomic mass is 35.6. The second-order valence-corrected chi connectivity index (χ2v) is 11.1. The Morgan fingerprint density at radius 3 is 1.94 bits per heavy atom. The van der Waals surface area contributed by atoms with Crippen molar-refractivity contribution < 1.29 is 0 Å². The maximum absolute atomic E-state index is 6.81. The second-order valence-electron chi connectivity index (χ2n) is 4.88. The van der Waals surface area contributed by atoms with Crippen LogP contribution in [0.2, 0.25) is 11.1 Å². The summed E-state index contributed by atoms with van der Waals surface area (Å²) in [5, 5.41) is 0. The van der Waals surface area contributed by atoms with E-state index in [9.17, 15) is 0 Å². The van der Waals surface area contributed by atoms with E-state index in [1.807, 2.05) is 6.07 Å². The molecule has 88 valence electrons. The molecule has 0 saturated heterocycles. The van der Waals surface area contributed by atoms with Crippen LogP contribution in [0, 0.1) is 0 Å². The number of halogens is 1. The Morgan fingerprint density at radius 1 is 1.00 bits per heavy atom. The zero-order valence-electron chi connectivity index (χ0n) is 10.6. The molecule has 0 N–H and O–H groups in total. The lowest BCUT2D eigenvalue weighted by molar-refractivity contribution is 0.939. The zero-order chi connectivity index (χ0) is 12.2. The van der Waals surface area contributed by atoms with Crippen LogP contribution in [-0.2, 0) is 0 Å². The molecule has 0 fully saturated rings. The summed E-state index contributed by atoms with van der Waals surface area (Å²) in [7, 11) is -1.80. The van der Waals surface area contributed by atoms with Crippen molar-refractivity contribution in [1.82, 2.24) is 0 Å². The Labute approximate surface area is 105 Å². The molecule has 1 aromatic rings. The van der Waals surface area contributed by atoms with Crippen LogP contribution in [0.25, 0.3) is 6.08 Å². The van der Waals surface area contributed by atoms with Gasteiger partial charge in [-0.05, 0) is 16.6 Å². The van der Waals surface area contributed by atoms with E-state index < -0.39 is 7.38 Å². The molecule has 0 aliphatic carbocycles. The summed E-state index contributed by atoms with van der Waals surface area (Å²) in [6.45, 7) is 8.92. The number of hydrogen-bond acceptors (Lipinski definition) is 0. The molecule has 16 heavy (non-hydrogen) atoms. The smallest absolute Gasteiger partial charge is 0.161 e. The van der Waals surface area contributed by atoms with Gasteiger partial charge in [-0.3, -0.25) is 0 Å². The first-order valence-electron chi connectivity index (χ1n) is 5.90. The highest BCUT2D eigenvalue weighted by molar-refractivity contribution is 7.24. The van der Waals surface area contributed by atoms with E-state index in [-0.39, 0.29) is 0 Å². The van der Waals surface area contributed by atoms with Gasteiger partial charge in [0.1, 0.15) is 0 Å². The Morgan fingerprint density at radius 2 is 1.50 bits per heavy atom. The largest absolute Gasteiger partial charge is 0.184 e. The van der Waals surface area contributed by atoms with Gasteiger partial charge in [0.2, 0.25) is 0 Å². The normalized spacial score (nSPS) is 12.9. The maximum Gasteiger partial charge on any atom is 0.184 e. The van der Waals surface area contributed by atoms with Crippen LogP contribution < -0.4 is 0 Å². The molecule has 1 rings (SSSR count). The highest BCUT2D eigenvalue weighted by Gasteiger charge is 2.35. The van der Waals surface area contributed by atoms with Crippen LogP contribution in [0.3, 0.4) is 0 Å². The van der Waals surface area contributed by atoms with Crippen molar-refractivity contribution in [2.24, 2.45) is 0 Å². The topological polar surface area (TPSA) is 0 Å². The van der Waals surface area contributed by atoms with E-state index in [4.69, 9.17) is 11.1 Å². The van der Waals surface area contributed by atoms with Gasteiger partial charge >= 0.3 is 0 Å². The third kappa shape index (κ3) is 3.23. The van der Waals surface area contributed by atoms with Gasteiger partial charge in [-0.2, -0.15) is 11.1 Å². The Hall–Kier alpha value is -0.533. The Bertz CT molecular complexity index is 333. The van der Waals surface area contributed by atoms with Crippen LogP contribution in [0.15, 0.2) is 36.0 Å². The lowest BCUT2D eigenvalue weighted by Crippen LogP contribution is -2.32. The molecule has 1 aromatic carbocycles. The standard InChI is InChI=1S/C14H21ClSi/c1-12(2)16(15,13(3)4)11-10-14-8-6-5-7-9-14/h5-13H,1-4H3/b11-10+. The Kier molecular flexibility index (Phi) is 4.82. The molecule has 0 aliphatic heterocycles. The predicted molar refractivity (Wildman–Crippen MR) is 77.3 cm³/mol. The summed E-state index contributed by atoms with van der Waals surface area (Å²) in [5.74, 6) is 0. The third-order valence-electron chi connectivity index (χ3n) is 3.10. The molecule has 0 bridgehead atoms. The van der Waals surface area contributed by atoms with Crippen LogP contribution in [0.4, 0.5) is 0 Å². The fourth-order valence-electron chi connectivity index (χ4n) is 1.84. The first-order valence-corrected chi connectivity index (χ1v) is 9.14. The van der Waals surface area contributed by atoms with Gasteiger partial charge < -0.3 is 0 Å². The van der Waals surface area contributed by atoms with Crippen molar-refractivity contribution in [2.45, 2.75) is 38.8 Å². The second kappa shape index (κ2) is 5.69. The minimum absolute atomic E-state index is 0.564. The van der Waals surface area contributed by atoms with Crippen molar-refractivity contribution in [2.75, 3.05) is 0 Å². The molecular weight excluding hydrogens is 232 g/mol. The fraction of sp³-hybridized carbons (Fsp3) is 0.429. The third-order valence-corrected chi connectivity index (χ3v) is 10.3. The van der Waals surface area contributed by atoms with Crippen molar-refractivity contribution >= 4 is 24.5 Å². The van der Waals surface area contributed by atoms with E-state index in [0.29, 0.717) is 11.1 Å². The van der Waals surface area contributed by atoms with Gasteiger partial charge in [0.15, 0.2) is 7.38 Å². The lowest BCUT2D eigenvalue weighted by atomic mass is 10.2. The molecule has 0 radical (unpaired) electrons. The van der Waals surface area contributed by atoms with Gasteiger partial charge in [0.25, 0.3) is 0 Å². The molecule has 0 aromatic heterocycles. The summed E-state index contributed by atoms with van der Waals surface area (Å²) in [5.41, 5.74) is 4.64. The fourth-order valence-corrected chi connectivity index (χ4v) is 4.58. The van der Waals surface area contributed by atoms with Gasteiger partial charge in [-0.15, -0.1) is 0 Å². The van der Waals surface area contributed by atoms with Crippen molar-refractivity contribution in [3.8, 4) is 0 Å².